The fraction of sp³-hybridized carbons (Fsp3) is 0.625. The molecule has 1 atom stereocenters. The molecule has 1 nitrogen and oxygen atoms in total. The van der Waals surface area contributed by atoms with Gasteiger partial charge in [0.15, 0.2) is 0 Å². The van der Waals surface area contributed by atoms with E-state index in [1.54, 1.807) is 0 Å². The van der Waals surface area contributed by atoms with Crippen LogP contribution in [-0.4, -0.2) is 12.6 Å². The number of unbranched alkanes of at least 4 members (excludes halogenated alkanes) is 1. The first kappa shape index (κ1) is 12.6. The second-order valence-electron chi connectivity index (χ2n) is 5.44. The average Bonchev–Trinajstić information content (AvgIpc) is 3.13. The molecule has 1 unspecified atom stereocenters. The average molecular weight is 231 g/mol. The lowest BCUT2D eigenvalue weighted by molar-refractivity contribution is 0.527. The van der Waals surface area contributed by atoms with Crippen LogP contribution < -0.4 is 5.32 Å². The number of rotatable bonds is 7. The molecule has 1 aromatic rings. The Morgan fingerprint density at radius 1 is 1.35 bits per heavy atom. The van der Waals surface area contributed by atoms with Gasteiger partial charge in [-0.3, -0.25) is 0 Å². The van der Waals surface area contributed by atoms with Crippen LogP contribution in [0.3, 0.4) is 0 Å². The number of benzene rings is 1. The number of aryl methyl sites for hydroxylation is 1. The maximum atomic E-state index is 3.68. The van der Waals surface area contributed by atoms with Gasteiger partial charge in [0.05, 0.1) is 0 Å². The molecule has 0 bridgehead atoms. The molecule has 1 fully saturated rings. The van der Waals surface area contributed by atoms with Crippen LogP contribution in [0.5, 0.6) is 0 Å². The molecule has 0 amide bonds. The minimum atomic E-state index is 0.704. The zero-order valence-corrected chi connectivity index (χ0v) is 11.2. The monoisotopic (exact) mass is 231 g/mol. The molecule has 1 N–H and O–H groups in total. The van der Waals surface area contributed by atoms with Gasteiger partial charge in [-0.15, -0.1) is 0 Å². The van der Waals surface area contributed by atoms with Crippen molar-refractivity contribution in [2.75, 3.05) is 6.54 Å². The Kier molecular flexibility index (Phi) is 4.61. The van der Waals surface area contributed by atoms with Gasteiger partial charge in [-0.1, -0.05) is 49.6 Å². The number of nitrogens with one attached hydrogen (secondary N) is 1. The fourth-order valence-electron chi connectivity index (χ4n) is 2.36. The van der Waals surface area contributed by atoms with E-state index >= 15 is 0 Å². The molecular formula is C16H25N. The third-order valence-corrected chi connectivity index (χ3v) is 3.65. The SMILES string of the molecule is CCCCC(CNC1CC1)c1cccc(C)c1. The highest BCUT2D eigenvalue weighted by molar-refractivity contribution is 5.25. The van der Waals surface area contributed by atoms with E-state index in [1.807, 2.05) is 0 Å². The second kappa shape index (κ2) is 6.20. The van der Waals surface area contributed by atoms with E-state index in [4.69, 9.17) is 0 Å². The van der Waals surface area contributed by atoms with Crippen molar-refractivity contribution >= 4 is 0 Å². The van der Waals surface area contributed by atoms with E-state index < -0.39 is 0 Å². The van der Waals surface area contributed by atoms with E-state index in [1.165, 1.54) is 43.2 Å². The highest BCUT2D eigenvalue weighted by Gasteiger charge is 2.22. The van der Waals surface area contributed by atoms with E-state index in [0.29, 0.717) is 5.92 Å². The standard InChI is InChI=1S/C16H25N/c1-3-4-7-15(12-17-16-9-10-16)14-8-5-6-13(2)11-14/h5-6,8,11,15-17H,3-4,7,9-10,12H2,1-2H3. The Hall–Kier alpha value is -0.820. The summed E-state index contributed by atoms with van der Waals surface area (Å²) in [5.41, 5.74) is 2.90. The van der Waals surface area contributed by atoms with Gasteiger partial charge in [0.2, 0.25) is 0 Å². The van der Waals surface area contributed by atoms with Gasteiger partial charge in [-0.25, -0.2) is 0 Å². The molecule has 1 saturated carbocycles. The Bertz CT molecular complexity index is 341. The molecule has 0 heterocycles. The van der Waals surface area contributed by atoms with Crippen LogP contribution in [0.2, 0.25) is 0 Å². The second-order valence-corrected chi connectivity index (χ2v) is 5.44. The summed E-state index contributed by atoms with van der Waals surface area (Å²) in [7, 11) is 0. The van der Waals surface area contributed by atoms with Gasteiger partial charge in [-0.2, -0.15) is 0 Å². The Labute approximate surface area is 106 Å². The third-order valence-electron chi connectivity index (χ3n) is 3.65. The molecule has 1 aliphatic rings. The van der Waals surface area contributed by atoms with E-state index in [2.05, 4.69) is 43.4 Å². The van der Waals surface area contributed by atoms with Crippen molar-refractivity contribution in [1.29, 1.82) is 0 Å². The molecule has 94 valence electrons. The summed E-state index contributed by atoms with van der Waals surface area (Å²) in [6, 6.07) is 9.86. The molecule has 17 heavy (non-hydrogen) atoms. The zero-order valence-electron chi connectivity index (χ0n) is 11.2. The van der Waals surface area contributed by atoms with Crippen LogP contribution in [-0.2, 0) is 0 Å². The predicted octanol–water partition coefficient (Wildman–Crippen LogP) is 4.02. The van der Waals surface area contributed by atoms with E-state index in [0.717, 1.165) is 12.6 Å². The Morgan fingerprint density at radius 3 is 2.82 bits per heavy atom. The van der Waals surface area contributed by atoms with Gasteiger partial charge in [0.25, 0.3) is 0 Å². The quantitative estimate of drug-likeness (QED) is 0.747. The van der Waals surface area contributed by atoms with Gasteiger partial charge in [0, 0.05) is 12.6 Å². The summed E-state index contributed by atoms with van der Waals surface area (Å²) < 4.78 is 0. The summed E-state index contributed by atoms with van der Waals surface area (Å²) in [5.74, 6) is 0.704. The minimum Gasteiger partial charge on any atom is -0.313 e. The summed E-state index contributed by atoms with van der Waals surface area (Å²) in [6.07, 6.45) is 6.72. The smallest absolute Gasteiger partial charge is 0.00684 e. The Balaban J connectivity index is 1.96. The molecule has 0 spiro atoms. The van der Waals surface area contributed by atoms with Crippen LogP contribution >= 0.6 is 0 Å². The molecule has 1 aromatic carbocycles. The lowest BCUT2D eigenvalue weighted by atomic mass is 9.92. The third kappa shape index (κ3) is 4.16. The van der Waals surface area contributed by atoms with Gasteiger partial charge in [-0.05, 0) is 37.7 Å². The molecule has 0 aliphatic heterocycles. The van der Waals surface area contributed by atoms with Crippen LogP contribution in [0.4, 0.5) is 0 Å². The number of hydrogen-bond acceptors (Lipinski definition) is 1. The van der Waals surface area contributed by atoms with Crippen LogP contribution in [0.1, 0.15) is 56.1 Å². The lowest BCUT2D eigenvalue weighted by Crippen LogP contribution is -2.23. The molecule has 0 saturated heterocycles. The van der Waals surface area contributed by atoms with E-state index in [-0.39, 0.29) is 0 Å². The molecule has 2 rings (SSSR count). The predicted molar refractivity (Wildman–Crippen MR) is 74.5 cm³/mol. The van der Waals surface area contributed by atoms with Gasteiger partial charge in [0.1, 0.15) is 0 Å². The summed E-state index contributed by atoms with van der Waals surface area (Å²) in [6.45, 7) is 5.63. The summed E-state index contributed by atoms with van der Waals surface area (Å²) >= 11 is 0. The fourth-order valence-corrected chi connectivity index (χ4v) is 2.36. The molecule has 0 radical (unpaired) electrons. The van der Waals surface area contributed by atoms with Crippen molar-refractivity contribution in [2.45, 2.75) is 57.9 Å². The maximum Gasteiger partial charge on any atom is 0.00684 e. The van der Waals surface area contributed by atoms with Crippen LogP contribution in [0.15, 0.2) is 24.3 Å². The van der Waals surface area contributed by atoms with Crippen molar-refractivity contribution in [3.05, 3.63) is 35.4 Å². The maximum absolute atomic E-state index is 3.68. The molecular weight excluding hydrogens is 206 g/mol. The summed E-state index contributed by atoms with van der Waals surface area (Å²) in [5, 5.41) is 3.68. The van der Waals surface area contributed by atoms with E-state index in [9.17, 15) is 0 Å². The highest BCUT2D eigenvalue weighted by atomic mass is 14.9. The van der Waals surface area contributed by atoms with Crippen molar-refractivity contribution in [3.8, 4) is 0 Å². The minimum absolute atomic E-state index is 0.704. The lowest BCUT2D eigenvalue weighted by Gasteiger charge is -2.18. The first-order valence-electron chi connectivity index (χ1n) is 7.09. The van der Waals surface area contributed by atoms with Crippen molar-refractivity contribution in [1.82, 2.24) is 5.32 Å². The largest absolute Gasteiger partial charge is 0.313 e. The van der Waals surface area contributed by atoms with Crippen molar-refractivity contribution in [2.24, 2.45) is 0 Å². The number of hydrogen-bond donors (Lipinski definition) is 1. The normalized spacial score (nSPS) is 17.1. The topological polar surface area (TPSA) is 12.0 Å². The molecule has 1 aliphatic carbocycles. The zero-order chi connectivity index (χ0) is 12.1. The Morgan fingerprint density at radius 2 is 2.18 bits per heavy atom. The molecule has 1 heteroatoms. The van der Waals surface area contributed by atoms with Crippen LogP contribution in [0, 0.1) is 6.92 Å². The van der Waals surface area contributed by atoms with Gasteiger partial charge < -0.3 is 5.32 Å². The van der Waals surface area contributed by atoms with Crippen molar-refractivity contribution in [3.63, 3.8) is 0 Å². The first-order chi connectivity index (χ1) is 8.29. The van der Waals surface area contributed by atoms with Gasteiger partial charge >= 0.3 is 0 Å². The first-order valence-corrected chi connectivity index (χ1v) is 7.09. The van der Waals surface area contributed by atoms with Crippen LogP contribution in [0.25, 0.3) is 0 Å². The highest BCUT2D eigenvalue weighted by Crippen LogP contribution is 2.25. The summed E-state index contributed by atoms with van der Waals surface area (Å²) in [4.78, 5) is 0. The van der Waals surface area contributed by atoms with Crippen molar-refractivity contribution < 1.29 is 0 Å². The molecule has 0 aromatic heterocycles.